The molecule has 9 heteroatoms. The van der Waals surface area contributed by atoms with E-state index >= 15 is 0 Å². The maximum Gasteiger partial charge on any atom is 0.178 e. The highest BCUT2D eigenvalue weighted by molar-refractivity contribution is 5.65. The van der Waals surface area contributed by atoms with Gasteiger partial charge < -0.3 is 10.1 Å². The Kier molecular flexibility index (Phi) is 5.89. The molecule has 9 nitrogen and oxygen atoms in total. The van der Waals surface area contributed by atoms with E-state index in [9.17, 15) is 0 Å². The molecule has 0 amide bonds. The molecule has 0 unspecified atom stereocenters. The minimum Gasteiger partial charge on any atom is -0.455 e. The number of hydrogen-bond donors (Lipinski definition) is 2. The van der Waals surface area contributed by atoms with Gasteiger partial charge in [0.1, 0.15) is 17.3 Å². The number of pyridine rings is 3. The number of rotatable bonds is 7. The Morgan fingerprint density at radius 2 is 1.82 bits per heavy atom. The number of ether oxygens (including phenoxy) is 1. The summed E-state index contributed by atoms with van der Waals surface area (Å²) in [6.45, 7) is 3.99. The smallest absolute Gasteiger partial charge is 0.178 e. The van der Waals surface area contributed by atoms with Crippen LogP contribution in [0.15, 0.2) is 73.1 Å². The van der Waals surface area contributed by atoms with Crippen molar-refractivity contribution in [3.05, 3.63) is 95.7 Å². The van der Waals surface area contributed by atoms with E-state index < -0.39 is 0 Å². The summed E-state index contributed by atoms with van der Waals surface area (Å²) in [6.07, 6.45) is 4.07. The molecule has 5 aromatic rings. The first kappa shape index (κ1) is 21.2. The van der Waals surface area contributed by atoms with E-state index in [2.05, 4.69) is 35.9 Å². The molecular formula is C25H22N8O. The predicted octanol–water partition coefficient (Wildman–Crippen LogP) is 4.80. The van der Waals surface area contributed by atoms with Crippen LogP contribution in [-0.4, -0.2) is 35.6 Å². The zero-order valence-corrected chi connectivity index (χ0v) is 18.7. The number of aromatic nitrogens is 7. The van der Waals surface area contributed by atoms with Crippen molar-refractivity contribution in [2.24, 2.45) is 0 Å². The van der Waals surface area contributed by atoms with Crippen LogP contribution in [0.3, 0.4) is 0 Å². The molecule has 0 bridgehead atoms. The summed E-state index contributed by atoms with van der Waals surface area (Å²) in [7, 11) is 0. The quantitative estimate of drug-likeness (QED) is 0.364. The largest absolute Gasteiger partial charge is 0.455 e. The van der Waals surface area contributed by atoms with Gasteiger partial charge in [-0.15, -0.1) is 10.2 Å². The number of hydrogen-bond acceptors (Lipinski definition) is 8. The van der Waals surface area contributed by atoms with E-state index in [1.165, 1.54) is 0 Å². The number of H-pyrrole nitrogens is 1. The third-order valence-electron chi connectivity index (χ3n) is 5.28. The SMILES string of the molecule is Cc1cc(Oc2ccnc(Nc3ccc(Cc4nn[nH]n4)cc3)c2)c(-c2ccccn2)nc1C. The molecule has 0 radical (unpaired) electrons. The van der Waals surface area contributed by atoms with E-state index in [1.54, 1.807) is 12.4 Å². The maximum absolute atomic E-state index is 6.25. The lowest BCUT2D eigenvalue weighted by atomic mass is 10.1. The summed E-state index contributed by atoms with van der Waals surface area (Å²) < 4.78 is 6.25. The summed E-state index contributed by atoms with van der Waals surface area (Å²) in [5.74, 6) is 2.61. The van der Waals surface area contributed by atoms with E-state index in [4.69, 9.17) is 9.72 Å². The molecule has 0 aliphatic carbocycles. The minimum atomic E-state index is 0.612. The Hall–Kier alpha value is -4.66. The Balaban J connectivity index is 1.35. The minimum absolute atomic E-state index is 0.612. The molecular weight excluding hydrogens is 428 g/mol. The molecule has 1 aromatic carbocycles. The topological polar surface area (TPSA) is 114 Å². The average Bonchev–Trinajstić information content (AvgIpc) is 3.36. The molecule has 0 saturated carbocycles. The number of aryl methyl sites for hydroxylation is 2. The molecule has 0 aliphatic rings. The van der Waals surface area contributed by atoms with Crippen LogP contribution in [0.25, 0.3) is 11.4 Å². The van der Waals surface area contributed by atoms with Crippen molar-refractivity contribution < 1.29 is 4.74 Å². The van der Waals surface area contributed by atoms with Crippen molar-refractivity contribution in [2.75, 3.05) is 5.32 Å². The van der Waals surface area contributed by atoms with Gasteiger partial charge in [-0.3, -0.25) is 4.98 Å². The van der Waals surface area contributed by atoms with Crippen LogP contribution in [-0.2, 0) is 6.42 Å². The first-order valence-corrected chi connectivity index (χ1v) is 10.8. The lowest BCUT2D eigenvalue weighted by Gasteiger charge is -2.14. The van der Waals surface area contributed by atoms with Gasteiger partial charge in [0.05, 0.1) is 5.69 Å². The third-order valence-corrected chi connectivity index (χ3v) is 5.28. The van der Waals surface area contributed by atoms with E-state index in [0.29, 0.717) is 35.3 Å². The summed E-state index contributed by atoms with van der Waals surface area (Å²) in [5, 5.41) is 17.3. The average molecular weight is 451 g/mol. The number of nitrogens with one attached hydrogen (secondary N) is 2. The van der Waals surface area contributed by atoms with Crippen molar-refractivity contribution in [2.45, 2.75) is 20.3 Å². The normalized spacial score (nSPS) is 10.8. The van der Waals surface area contributed by atoms with Crippen molar-refractivity contribution >= 4 is 11.5 Å². The van der Waals surface area contributed by atoms with Gasteiger partial charge in [0.25, 0.3) is 0 Å². The molecule has 2 N–H and O–H groups in total. The zero-order valence-electron chi connectivity index (χ0n) is 18.7. The molecule has 0 spiro atoms. The van der Waals surface area contributed by atoms with Crippen molar-refractivity contribution in [3.8, 4) is 22.9 Å². The monoisotopic (exact) mass is 450 g/mol. The van der Waals surface area contributed by atoms with Crippen LogP contribution in [0.4, 0.5) is 11.5 Å². The molecule has 0 fully saturated rings. The number of tetrazole rings is 1. The van der Waals surface area contributed by atoms with Crippen LogP contribution >= 0.6 is 0 Å². The first-order valence-electron chi connectivity index (χ1n) is 10.8. The number of anilines is 2. The Labute approximate surface area is 196 Å². The fourth-order valence-corrected chi connectivity index (χ4v) is 3.41. The van der Waals surface area contributed by atoms with Gasteiger partial charge >= 0.3 is 0 Å². The van der Waals surface area contributed by atoms with Crippen LogP contribution in [0.1, 0.15) is 22.6 Å². The number of nitrogens with zero attached hydrogens (tertiary/aromatic N) is 6. The summed E-state index contributed by atoms with van der Waals surface area (Å²) in [4.78, 5) is 13.6. The molecule has 0 aliphatic heterocycles. The van der Waals surface area contributed by atoms with E-state index in [1.807, 2.05) is 74.5 Å². The lowest BCUT2D eigenvalue weighted by Crippen LogP contribution is -1.98. The van der Waals surface area contributed by atoms with Crippen molar-refractivity contribution in [3.63, 3.8) is 0 Å². The fourth-order valence-electron chi connectivity index (χ4n) is 3.41. The maximum atomic E-state index is 6.25. The summed E-state index contributed by atoms with van der Waals surface area (Å²) >= 11 is 0. The van der Waals surface area contributed by atoms with E-state index in [-0.39, 0.29) is 0 Å². The first-order chi connectivity index (χ1) is 16.6. The van der Waals surface area contributed by atoms with Crippen LogP contribution < -0.4 is 10.1 Å². The standard InChI is InChI=1S/C25H22N8O/c1-16-13-22(25(28-17(16)2)21-5-3-4-11-26-21)34-20-10-12-27-23(15-20)29-19-8-6-18(7-9-19)14-24-30-32-33-31-24/h3-13,15H,14H2,1-2H3,(H,27,29)(H,30,31,32,33). The highest BCUT2D eigenvalue weighted by Gasteiger charge is 2.13. The van der Waals surface area contributed by atoms with Crippen molar-refractivity contribution in [1.82, 2.24) is 35.6 Å². The fraction of sp³-hybridized carbons (Fsp3) is 0.120. The second-order valence-electron chi connectivity index (χ2n) is 7.76. The highest BCUT2D eigenvalue weighted by Crippen LogP contribution is 2.33. The van der Waals surface area contributed by atoms with Crippen LogP contribution in [0.2, 0.25) is 0 Å². The van der Waals surface area contributed by atoms with Gasteiger partial charge in [0.2, 0.25) is 0 Å². The van der Waals surface area contributed by atoms with Crippen LogP contribution in [0, 0.1) is 13.8 Å². The Morgan fingerprint density at radius 1 is 0.941 bits per heavy atom. The Bertz CT molecular complexity index is 1390. The van der Waals surface area contributed by atoms with Crippen molar-refractivity contribution in [1.29, 1.82) is 0 Å². The molecule has 5 rings (SSSR count). The summed E-state index contributed by atoms with van der Waals surface area (Å²) in [6, 6.07) is 19.4. The van der Waals surface area contributed by atoms with Gasteiger partial charge in [-0.25, -0.2) is 9.97 Å². The number of aromatic amines is 1. The third kappa shape index (κ3) is 4.88. The Morgan fingerprint density at radius 3 is 2.59 bits per heavy atom. The lowest BCUT2D eigenvalue weighted by molar-refractivity contribution is 0.481. The molecule has 4 heterocycles. The number of benzene rings is 1. The second-order valence-corrected chi connectivity index (χ2v) is 7.76. The molecule has 34 heavy (non-hydrogen) atoms. The van der Waals surface area contributed by atoms with Gasteiger partial charge in [-0.05, 0) is 61.4 Å². The van der Waals surface area contributed by atoms with E-state index in [0.717, 1.165) is 28.2 Å². The molecule has 0 saturated heterocycles. The van der Waals surface area contributed by atoms with Gasteiger partial charge in [-0.2, -0.15) is 5.21 Å². The second kappa shape index (κ2) is 9.45. The van der Waals surface area contributed by atoms with Gasteiger partial charge in [0, 0.05) is 36.3 Å². The van der Waals surface area contributed by atoms with Gasteiger partial charge in [0.15, 0.2) is 11.6 Å². The molecule has 4 aromatic heterocycles. The zero-order chi connectivity index (χ0) is 23.3. The molecule has 0 atom stereocenters. The predicted molar refractivity (Wildman–Crippen MR) is 128 cm³/mol. The highest BCUT2D eigenvalue weighted by atomic mass is 16.5. The molecule has 168 valence electrons. The van der Waals surface area contributed by atoms with Gasteiger partial charge in [-0.1, -0.05) is 23.4 Å². The van der Waals surface area contributed by atoms with Crippen LogP contribution in [0.5, 0.6) is 11.5 Å². The summed E-state index contributed by atoms with van der Waals surface area (Å²) in [5.41, 5.74) is 5.43.